The first-order valence-electron chi connectivity index (χ1n) is 6.13. The van der Waals surface area contributed by atoms with E-state index in [0.29, 0.717) is 5.56 Å². The van der Waals surface area contributed by atoms with Crippen molar-refractivity contribution < 1.29 is 4.79 Å². The van der Waals surface area contributed by atoms with Crippen molar-refractivity contribution in [2.24, 2.45) is 0 Å². The van der Waals surface area contributed by atoms with Gasteiger partial charge >= 0.3 is 0 Å². The number of nitrogens with one attached hydrogen (secondary N) is 1. The Morgan fingerprint density at radius 3 is 2.47 bits per heavy atom. The second-order valence-electron chi connectivity index (χ2n) is 4.67. The van der Waals surface area contributed by atoms with Crippen molar-refractivity contribution in [3.8, 4) is 0 Å². The second kappa shape index (κ2) is 5.57. The van der Waals surface area contributed by atoms with Crippen LogP contribution in [0.15, 0.2) is 40.9 Å². The number of rotatable bonds is 2. The molecule has 98 valence electrons. The fraction of sp³-hybridized carbons (Fsp3) is 0.188. The second-order valence-corrected chi connectivity index (χ2v) is 5.52. The number of carbonyl (C=O) groups is 1. The van der Waals surface area contributed by atoms with Crippen molar-refractivity contribution in [3.63, 3.8) is 0 Å². The van der Waals surface area contributed by atoms with E-state index in [-0.39, 0.29) is 5.91 Å². The molecule has 0 spiro atoms. The monoisotopic (exact) mass is 317 g/mol. The van der Waals surface area contributed by atoms with E-state index in [1.165, 1.54) is 5.56 Å². The van der Waals surface area contributed by atoms with Crippen LogP contribution < -0.4 is 5.32 Å². The summed E-state index contributed by atoms with van der Waals surface area (Å²) in [5.41, 5.74) is 4.86. The summed E-state index contributed by atoms with van der Waals surface area (Å²) in [4.78, 5) is 12.2. The first-order valence-corrected chi connectivity index (χ1v) is 6.92. The summed E-state index contributed by atoms with van der Waals surface area (Å²) in [5, 5.41) is 2.96. The lowest BCUT2D eigenvalue weighted by Crippen LogP contribution is -2.13. The van der Waals surface area contributed by atoms with Gasteiger partial charge < -0.3 is 5.32 Å². The molecule has 0 bridgehead atoms. The van der Waals surface area contributed by atoms with Gasteiger partial charge in [-0.25, -0.2) is 0 Å². The van der Waals surface area contributed by atoms with E-state index in [2.05, 4.69) is 21.2 Å². The summed E-state index contributed by atoms with van der Waals surface area (Å²) >= 11 is 3.43. The minimum absolute atomic E-state index is 0.0794. The third-order valence-electron chi connectivity index (χ3n) is 3.27. The molecule has 0 aliphatic carbocycles. The molecule has 2 rings (SSSR count). The number of hydrogen-bond acceptors (Lipinski definition) is 1. The molecule has 2 aromatic rings. The Morgan fingerprint density at radius 2 is 1.79 bits per heavy atom. The molecule has 0 saturated heterocycles. The Balaban J connectivity index is 2.26. The topological polar surface area (TPSA) is 29.1 Å². The standard InChI is InChI=1S/C16H16BrNO/c1-10-5-4-6-15(12(10)3)18-16(19)13-7-8-14(17)11(2)9-13/h4-9H,1-3H3,(H,18,19). The summed E-state index contributed by atoms with van der Waals surface area (Å²) in [5.74, 6) is -0.0794. The van der Waals surface area contributed by atoms with E-state index in [1.807, 2.05) is 57.2 Å². The van der Waals surface area contributed by atoms with Crippen LogP contribution in [0.1, 0.15) is 27.0 Å². The molecule has 3 heteroatoms. The van der Waals surface area contributed by atoms with Gasteiger partial charge in [0, 0.05) is 15.7 Å². The van der Waals surface area contributed by atoms with Crippen molar-refractivity contribution >= 4 is 27.5 Å². The van der Waals surface area contributed by atoms with Gasteiger partial charge in [0.15, 0.2) is 0 Å². The van der Waals surface area contributed by atoms with Gasteiger partial charge in [-0.05, 0) is 61.7 Å². The van der Waals surface area contributed by atoms with Crippen LogP contribution in [0.25, 0.3) is 0 Å². The molecule has 2 nitrogen and oxygen atoms in total. The van der Waals surface area contributed by atoms with Gasteiger partial charge in [-0.1, -0.05) is 28.1 Å². The summed E-state index contributed by atoms with van der Waals surface area (Å²) in [6.07, 6.45) is 0. The fourth-order valence-electron chi connectivity index (χ4n) is 1.87. The Bertz CT molecular complexity index is 635. The maximum atomic E-state index is 12.2. The highest BCUT2D eigenvalue weighted by molar-refractivity contribution is 9.10. The quantitative estimate of drug-likeness (QED) is 0.859. The number of hydrogen-bond donors (Lipinski definition) is 1. The molecule has 1 N–H and O–H groups in total. The molecule has 0 saturated carbocycles. The smallest absolute Gasteiger partial charge is 0.255 e. The lowest BCUT2D eigenvalue weighted by atomic mass is 10.1. The van der Waals surface area contributed by atoms with Gasteiger partial charge in [0.2, 0.25) is 0 Å². The lowest BCUT2D eigenvalue weighted by Gasteiger charge is -2.11. The Kier molecular flexibility index (Phi) is 4.05. The molecule has 0 aliphatic rings. The van der Waals surface area contributed by atoms with Crippen LogP contribution in [-0.2, 0) is 0 Å². The van der Waals surface area contributed by atoms with Gasteiger partial charge in [-0.2, -0.15) is 0 Å². The van der Waals surface area contributed by atoms with Gasteiger partial charge in [0.05, 0.1) is 0 Å². The molecule has 0 fully saturated rings. The molecule has 0 heterocycles. The van der Waals surface area contributed by atoms with Gasteiger partial charge in [0.25, 0.3) is 5.91 Å². The Morgan fingerprint density at radius 1 is 1.05 bits per heavy atom. The number of anilines is 1. The van der Waals surface area contributed by atoms with Crippen molar-refractivity contribution in [1.82, 2.24) is 0 Å². The lowest BCUT2D eigenvalue weighted by molar-refractivity contribution is 0.102. The van der Waals surface area contributed by atoms with Crippen LogP contribution in [0, 0.1) is 20.8 Å². The fourth-order valence-corrected chi connectivity index (χ4v) is 2.11. The van der Waals surface area contributed by atoms with E-state index in [4.69, 9.17) is 0 Å². The molecule has 19 heavy (non-hydrogen) atoms. The average molecular weight is 318 g/mol. The molecule has 0 radical (unpaired) electrons. The predicted molar refractivity (Wildman–Crippen MR) is 82.7 cm³/mol. The summed E-state index contributed by atoms with van der Waals surface area (Å²) in [7, 11) is 0. The Hall–Kier alpha value is -1.61. The van der Waals surface area contributed by atoms with Crippen LogP contribution >= 0.6 is 15.9 Å². The van der Waals surface area contributed by atoms with E-state index >= 15 is 0 Å². The van der Waals surface area contributed by atoms with Crippen molar-refractivity contribution in [2.75, 3.05) is 5.32 Å². The first-order chi connectivity index (χ1) is 8.99. The number of amides is 1. The maximum Gasteiger partial charge on any atom is 0.255 e. The molecule has 0 aromatic heterocycles. The third kappa shape index (κ3) is 3.04. The van der Waals surface area contributed by atoms with E-state index < -0.39 is 0 Å². The number of carbonyl (C=O) groups excluding carboxylic acids is 1. The largest absolute Gasteiger partial charge is 0.322 e. The average Bonchev–Trinajstić information content (AvgIpc) is 2.38. The van der Waals surface area contributed by atoms with E-state index in [1.54, 1.807) is 0 Å². The number of halogens is 1. The van der Waals surface area contributed by atoms with Gasteiger partial charge in [-0.15, -0.1) is 0 Å². The van der Waals surface area contributed by atoms with Gasteiger partial charge in [-0.3, -0.25) is 4.79 Å². The zero-order chi connectivity index (χ0) is 14.0. The normalized spacial score (nSPS) is 10.3. The zero-order valence-electron chi connectivity index (χ0n) is 11.3. The van der Waals surface area contributed by atoms with Crippen LogP contribution in [0.5, 0.6) is 0 Å². The maximum absolute atomic E-state index is 12.2. The SMILES string of the molecule is Cc1cc(C(=O)Nc2cccc(C)c2C)ccc1Br. The molecular formula is C16H16BrNO. The summed E-state index contributed by atoms with van der Waals surface area (Å²) < 4.78 is 1.01. The van der Waals surface area contributed by atoms with Crippen LogP contribution in [-0.4, -0.2) is 5.91 Å². The predicted octanol–water partition coefficient (Wildman–Crippen LogP) is 4.63. The van der Waals surface area contributed by atoms with Crippen molar-refractivity contribution in [2.45, 2.75) is 20.8 Å². The van der Waals surface area contributed by atoms with E-state index in [9.17, 15) is 4.79 Å². The highest BCUT2D eigenvalue weighted by Crippen LogP contribution is 2.21. The molecule has 0 atom stereocenters. The van der Waals surface area contributed by atoms with Crippen molar-refractivity contribution in [3.05, 3.63) is 63.1 Å². The summed E-state index contributed by atoms with van der Waals surface area (Å²) in [6.45, 7) is 6.02. The molecule has 1 amide bonds. The van der Waals surface area contributed by atoms with Crippen LogP contribution in [0.3, 0.4) is 0 Å². The van der Waals surface area contributed by atoms with Gasteiger partial charge in [0.1, 0.15) is 0 Å². The minimum Gasteiger partial charge on any atom is -0.322 e. The third-order valence-corrected chi connectivity index (χ3v) is 4.16. The summed E-state index contributed by atoms with van der Waals surface area (Å²) in [6, 6.07) is 11.5. The number of benzene rings is 2. The Labute approximate surface area is 122 Å². The van der Waals surface area contributed by atoms with E-state index in [0.717, 1.165) is 21.3 Å². The molecule has 0 aliphatic heterocycles. The van der Waals surface area contributed by atoms with Crippen LogP contribution in [0.2, 0.25) is 0 Å². The highest BCUT2D eigenvalue weighted by atomic mass is 79.9. The first kappa shape index (κ1) is 13.8. The minimum atomic E-state index is -0.0794. The molecular weight excluding hydrogens is 302 g/mol. The highest BCUT2D eigenvalue weighted by Gasteiger charge is 2.09. The molecule has 0 unspecified atom stereocenters. The molecule has 2 aromatic carbocycles. The van der Waals surface area contributed by atoms with Crippen LogP contribution in [0.4, 0.5) is 5.69 Å². The zero-order valence-corrected chi connectivity index (χ0v) is 12.8. The van der Waals surface area contributed by atoms with Crippen molar-refractivity contribution in [1.29, 1.82) is 0 Å². The number of aryl methyl sites for hydroxylation is 2.